The van der Waals surface area contributed by atoms with Crippen molar-refractivity contribution in [3.63, 3.8) is 0 Å². The number of carbonyl (C=O) groups excluding carboxylic acids is 1. The summed E-state index contributed by atoms with van der Waals surface area (Å²) in [5, 5.41) is 105. The smallest absolute Gasteiger partial charge is 0.314 e. The van der Waals surface area contributed by atoms with Gasteiger partial charge in [0.1, 0.15) is 30.3 Å². The van der Waals surface area contributed by atoms with Crippen LogP contribution in [0.25, 0.3) is 0 Å². The molecule has 0 fully saturated rings. The van der Waals surface area contributed by atoms with Crippen LogP contribution in [0.3, 0.4) is 0 Å². The number of carbonyl (C=O) groups is 1. The SMILES string of the molecule is CCCCC[C@H](O)[C@H]1C(=O)O[C@H](C)[C@@H](O)/C=C/C=C/C=C/C=C/C=C(\C)[C@H](O)[C@H](O)[C@@H](O)C[C@@H](O)C[C@@H](O)C[C@@H](O)C[C@H](O)C[C@@H]1O. The van der Waals surface area contributed by atoms with Gasteiger partial charge in [-0.2, -0.15) is 0 Å². The van der Waals surface area contributed by atoms with Gasteiger partial charge in [-0.3, -0.25) is 4.79 Å². The molecule has 270 valence electrons. The molecular weight excluding hydrogens is 612 g/mol. The number of hydrogen-bond acceptors (Lipinski definition) is 12. The summed E-state index contributed by atoms with van der Waals surface area (Å²) in [5.41, 5.74) is 0.357. The molecule has 0 unspecified atom stereocenters. The number of rotatable bonds is 5. The van der Waals surface area contributed by atoms with Gasteiger partial charge in [0.05, 0.1) is 42.7 Å². The van der Waals surface area contributed by atoms with Crippen molar-refractivity contribution >= 4 is 5.97 Å². The van der Waals surface area contributed by atoms with Gasteiger partial charge in [0, 0.05) is 12.8 Å². The minimum atomic E-state index is -1.61. The van der Waals surface area contributed by atoms with Crippen LogP contribution >= 0.6 is 0 Å². The van der Waals surface area contributed by atoms with E-state index in [9.17, 15) is 55.9 Å². The third-order valence-electron chi connectivity index (χ3n) is 8.17. The Bertz CT molecular complexity index is 1020. The fourth-order valence-corrected chi connectivity index (χ4v) is 5.30. The van der Waals surface area contributed by atoms with Gasteiger partial charge in [0.15, 0.2) is 0 Å². The first-order valence-corrected chi connectivity index (χ1v) is 16.5. The Morgan fingerprint density at radius 1 is 0.723 bits per heavy atom. The molecule has 1 aliphatic rings. The zero-order chi connectivity index (χ0) is 35.5. The monoisotopic (exact) mass is 670 g/mol. The minimum absolute atomic E-state index is 0.197. The van der Waals surface area contributed by atoms with E-state index in [-0.39, 0.29) is 32.1 Å². The van der Waals surface area contributed by atoms with Crippen LogP contribution in [0.15, 0.2) is 60.3 Å². The van der Waals surface area contributed by atoms with E-state index < -0.39 is 85.5 Å². The van der Waals surface area contributed by atoms with E-state index >= 15 is 0 Å². The predicted molar refractivity (Wildman–Crippen MR) is 177 cm³/mol. The van der Waals surface area contributed by atoms with Crippen molar-refractivity contribution < 1.29 is 60.6 Å². The summed E-state index contributed by atoms with van der Waals surface area (Å²) in [6.07, 6.45) is 0.559. The maximum Gasteiger partial charge on any atom is 0.314 e. The van der Waals surface area contributed by atoms with Crippen LogP contribution < -0.4 is 0 Å². The van der Waals surface area contributed by atoms with E-state index in [0.29, 0.717) is 12.0 Å². The second-order valence-corrected chi connectivity index (χ2v) is 12.5. The summed E-state index contributed by atoms with van der Waals surface area (Å²) >= 11 is 0. The molecule has 0 aliphatic carbocycles. The highest BCUT2D eigenvalue weighted by Crippen LogP contribution is 2.24. The second-order valence-electron chi connectivity index (χ2n) is 12.5. The molecule has 1 rings (SSSR count). The Morgan fingerprint density at radius 3 is 1.77 bits per heavy atom. The molecule has 1 aliphatic heterocycles. The molecule has 0 spiro atoms. The molecule has 12 heteroatoms. The zero-order valence-corrected chi connectivity index (χ0v) is 27.8. The molecule has 0 aromatic carbocycles. The van der Waals surface area contributed by atoms with Crippen molar-refractivity contribution in [3.05, 3.63) is 60.3 Å². The number of esters is 1. The topological polar surface area (TPSA) is 229 Å². The van der Waals surface area contributed by atoms with Crippen LogP contribution in [-0.2, 0) is 9.53 Å². The summed E-state index contributed by atoms with van der Waals surface area (Å²) in [6.45, 7) is 5.00. The Labute approximate surface area is 278 Å². The Morgan fingerprint density at radius 2 is 1.21 bits per heavy atom. The highest BCUT2D eigenvalue weighted by atomic mass is 16.6. The Hall–Kier alpha value is -2.23. The van der Waals surface area contributed by atoms with Crippen LogP contribution in [0.2, 0.25) is 0 Å². The third-order valence-corrected chi connectivity index (χ3v) is 8.17. The first-order valence-electron chi connectivity index (χ1n) is 16.5. The van der Waals surface area contributed by atoms with Gasteiger partial charge in [0.2, 0.25) is 0 Å². The molecule has 0 amide bonds. The number of unbranched alkanes of at least 4 members (excludes halogenated alkanes) is 2. The van der Waals surface area contributed by atoms with Crippen molar-refractivity contribution in [2.45, 2.75) is 146 Å². The fraction of sp³-hybridized carbons (Fsp3) is 0.686. The molecule has 1 heterocycles. The highest BCUT2D eigenvalue weighted by molar-refractivity contribution is 5.74. The van der Waals surface area contributed by atoms with Gasteiger partial charge in [-0.05, 0) is 45.1 Å². The van der Waals surface area contributed by atoms with E-state index in [1.165, 1.54) is 13.0 Å². The first-order chi connectivity index (χ1) is 22.2. The lowest BCUT2D eigenvalue weighted by molar-refractivity contribution is -0.168. The summed E-state index contributed by atoms with van der Waals surface area (Å²) in [7, 11) is 0. The van der Waals surface area contributed by atoms with Crippen LogP contribution in [-0.4, -0.2) is 124 Å². The van der Waals surface area contributed by atoms with Crippen LogP contribution in [0, 0.1) is 5.92 Å². The molecule has 47 heavy (non-hydrogen) atoms. The molecule has 0 radical (unpaired) electrons. The van der Waals surface area contributed by atoms with Crippen molar-refractivity contribution in [1.29, 1.82) is 0 Å². The Balaban J connectivity index is 3.19. The van der Waals surface area contributed by atoms with E-state index in [0.717, 1.165) is 12.8 Å². The van der Waals surface area contributed by atoms with E-state index in [1.54, 1.807) is 55.5 Å². The quantitative estimate of drug-likeness (QED) is 0.145. The van der Waals surface area contributed by atoms with Crippen molar-refractivity contribution in [2.75, 3.05) is 0 Å². The first kappa shape index (κ1) is 42.8. The Kier molecular flexibility index (Phi) is 21.1. The second kappa shape index (κ2) is 23.2. The van der Waals surface area contributed by atoms with Crippen molar-refractivity contribution in [3.8, 4) is 0 Å². The molecule has 0 aromatic rings. The third kappa shape index (κ3) is 17.1. The molecule has 12 atom stereocenters. The predicted octanol–water partition coefficient (Wildman–Crippen LogP) is 0.859. The lowest BCUT2D eigenvalue weighted by Crippen LogP contribution is -2.43. The molecular formula is C35H58O12. The summed E-state index contributed by atoms with van der Waals surface area (Å²) in [5.74, 6) is -2.37. The van der Waals surface area contributed by atoms with Crippen molar-refractivity contribution in [2.24, 2.45) is 5.92 Å². The van der Waals surface area contributed by atoms with Gasteiger partial charge in [-0.15, -0.1) is 0 Å². The number of aliphatic hydroxyl groups excluding tert-OH is 10. The largest absolute Gasteiger partial charge is 0.459 e. The lowest BCUT2D eigenvalue weighted by Gasteiger charge is -2.30. The molecule has 10 N–H and O–H groups in total. The molecule has 12 nitrogen and oxygen atoms in total. The van der Waals surface area contributed by atoms with Gasteiger partial charge in [-0.1, -0.05) is 80.9 Å². The van der Waals surface area contributed by atoms with Crippen LogP contribution in [0.5, 0.6) is 0 Å². The van der Waals surface area contributed by atoms with Gasteiger partial charge < -0.3 is 55.8 Å². The van der Waals surface area contributed by atoms with Gasteiger partial charge >= 0.3 is 5.97 Å². The fourth-order valence-electron chi connectivity index (χ4n) is 5.30. The normalized spacial score (nSPS) is 39.6. The molecule has 0 saturated heterocycles. The number of hydrogen-bond donors (Lipinski definition) is 10. The average Bonchev–Trinajstić information content (AvgIpc) is 2.98. The lowest BCUT2D eigenvalue weighted by atomic mass is 9.87. The average molecular weight is 671 g/mol. The van der Waals surface area contributed by atoms with E-state index in [2.05, 4.69) is 0 Å². The summed E-state index contributed by atoms with van der Waals surface area (Å²) in [4.78, 5) is 13.1. The van der Waals surface area contributed by atoms with Crippen LogP contribution in [0.1, 0.15) is 78.6 Å². The minimum Gasteiger partial charge on any atom is -0.459 e. The van der Waals surface area contributed by atoms with E-state index in [4.69, 9.17) is 4.74 Å². The standard InChI is InChI=1S/C35H58O12/c1-4-5-11-16-29(41)32-30(42)20-26(38)18-24(36)17-25(37)19-27(39)21-31(43)34(45)33(44)22(2)14-12-9-7-6-8-10-13-15-28(40)23(3)47-35(32)46/h6-10,12-15,23-34,36-45H,4-5,11,16-21H2,1-3H3/b7-6+,10-8+,12-9+,15-13+,22-14+/t23-,24-,25+,26+,27+,28+,29+,30+,31+,32-,33+,34-/m1/s1. The van der Waals surface area contributed by atoms with Gasteiger partial charge in [0.25, 0.3) is 0 Å². The maximum atomic E-state index is 13.1. The van der Waals surface area contributed by atoms with Crippen LogP contribution in [0.4, 0.5) is 0 Å². The molecule has 0 aromatic heterocycles. The molecule has 0 bridgehead atoms. The summed E-state index contributed by atoms with van der Waals surface area (Å²) < 4.78 is 5.41. The number of allylic oxidation sites excluding steroid dienone is 8. The number of ether oxygens (including phenoxy) is 1. The zero-order valence-electron chi connectivity index (χ0n) is 27.8. The highest BCUT2D eigenvalue weighted by Gasteiger charge is 2.37. The number of aliphatic hydroxyl groups is 10. The van der Waals surface area contributed by atoms with Gasteiger partial charge in [-0.25, -0.2) is 0 Å². The van der Waals surface area contributed by atoms with E-state index in [1.807, 2.05) is 6.92 Å². The number of cyclic esters (lactones) is 1. The molecule has 0 saturated carbocycles. The van der Waals surface area contributed by atoms with Crippen molar-refractivity contribution in [1.82, 2.24) is 0 Å². The summed E-state index contributed by atoms with van der Waals surface area (Å²) in [6, 6.07) is 0. The maximum absolute atomic E-state index is 13.1.